The van der Waals surface area contributed by atoms with Crippen molar-refractivity contribution in [3.63, 3.8) is 0 Å². The van der Waals surface area contributed by atoms with Crippen molar-refractivity contribution in [3.05, 3.63) is 71.8 Å². The SMILES string of the molecule is CO[C@H]1C[C@@H](CC(=O)c2ccccc2)O[C@H](Cc2ccccc2)C1. The minimum absolute atomic E-state index is 0.0786. The molecule has 1 saturated heterocycles. The van der Waals surface area contributed by atoms with Gasteiger partial charge in [-0.05, 0) is 12.0 Å². The van der Waals surface area contributed by atoms with Gasteiger partial charge in [-0.15, -0.1) is 0 Å². The van der Waals surface area contributed by atoms with E-state index >= 15 is 0 Å². The van der Waals surface area contributed by atoms with Gasteiger partial charge in [0, 0.05) is 31.9 Å². The molecule has 2 aromatic carbocycles. The predicted molar refractivity (Wildman–Crippen MR) is 94.2 cm³/mol. The number of ether oxygens (including phenoxy) is 2. The monoisotopic (exact) mass is 324 g/mol. The summed E-state index contributed by atoms with van der Waals surface area (Å²) in [5, 5.41) is 0. The molecule has 0 amide bonds. The molecule has 1 heterocycles. The maximum absolute atomic E-state index is 12.5. The molecule has 0 N–H and O–H groups in total. The summed E-state index contributed by atoms with van der Waals surface area (Å²) in [6, 6.07) is 19.8. The molecule has 0 aromatic heterocycles. The molecule has 3 heteroatoms. The summed E-state index contributed by atoms with van der Waals surface area (Å²) in [5.74, 6) is 0.135. The highest BCUT2D eigenvalue weighted by atomic mass is 16.5. The lowest BCUT2D eigenvalue weighted by atomic mass is 9.93. The molecule has 3 atom stereocenters. The molecule has 126 valence electrons. The third kappa shape index (κ3) is 4.53. The Morgan fingerprint density at radius 1 is 1.00 bits per heavy atom. The van der Waals surface area contributed by atoms with Crippen molar-refractivity contribution in [2.75, 3.05) is 7.11 Å². The number of hydrogen-bond donors (Lipinski definition) is 0. The smallest absolute Gasteiger partial charge is 0.165 e. The Morgan fingerprint density at radius 3 is 2.29 bits per heavy atom. The quantitative estimate of drug-likeness (QED) is 0.752. The zero-order valence-electron chi connectivity index (χ0n) is 14.1. The van der Waals surface area contributed by atoms with Crippen LogP contribution < -0.4 is 0 Å². The van der Waals surface area contributed by atoms with Crippen molar-refractivity contribution in [3.8, 4) is 0 Å². The number of methoxy groups -OCH3 is 1. The van der Waals surface area contributed by atoms with E-state index in [1.54, 1.807) is 7.11 Å². The van der Waals surface area contributed by atoms with Gasteiger partial charge in [-0.2, -0.15) is 0 Å². The summed E-state index contributed by atoms with van der Waals surface area (Å²) in [7, 11) is 1.74. The van der Waals surface area contributed by atoms with Gasteiger partial charge in [-0.3, -0.25) is 4.79 Å². The third-order valence-electron chi connectivity index (χ3n) is 4.58. The first-order valence-electron chi connectivity index (χ1n) is 8.55. The lowest BCUT2D eigenvalue weighted by Gasteiger charge is -2.34. The van der Waals surface area contributed by atoms with Crippen molar-refractivity contribution in [1.82, 2.24) is 0 Å². The fraction of sp³-hybridized carbons (Fsp3) is 0.381. The lowest BCUT2D eigenvalue weighted by Crippen LogP contribution is -2.38. The predicted octanol–water partition coefficient (Wildman–Crippen LogP) is 4.06. The molecule has 0 unspecified atom stereocenters. The molecule has 3 nitrogen and oxygen atoms in total. The Kier molecular flexibility index (Phi) is 5.78. The molecule has 0 saturated carbocycles. The molecule has 0 radical (unpaired) electrons. The van der Waals surface area contributed by atoms with Crippen LogP contribution in [0.1, 0.15) is 35.2 Å². The summed E-state index contributed by atoms with van der Waals surface area (Å²) in [6.07, 6.45) is 3.10. The van der Waals surface area contributed by atoms with Gasteiger partial charge in [-0.1, -0.05) is 60.7 Å². The average molecular weight is 324 g/mol. The first kappa shape index (κ1) is 16.9. The van der Waals surface area contributed by atoms with E-state index in [1.807, 2.05) is 48.5 Å². The van der Waals surface area contributed by atoms with Gasteiger partial charge in [0.25, 0.3) is 0 Å². The van der Waals surface area contributed by atoms with Gasteiger partial charge >= 0.3 is 0 Å². The molecule has 24 heavy (non-hydrogen) atoms. The highest BCUT2D eigenvalue weighted by molar-refractivity contribution is 5.96. The maximum Gasteiger partial charge on any atom is 0.165 e. The number of carbonyl (C=O) groups is 1. The average Bonchev–Trinajstić information content (AvgIpc) is 2.63. The van der Waals surface area contributed by atoms with E-state index in [1.165, 1.54) is 5.56 Å². The van der Waals surface area contributed by atoms with Crippen LogP contribution in [-0.4, -0.2) is 31.2 Å². The van der Waals surface area contributed by atoms with Gasteiger partial charge in [0.1, 0.15) is 0 Å². The molecule has 3 rings (SSSR count). The van der Waals surface area contributed by atoms with E-state index in [0.717, 1.165) is 24.8 Å². The molecule has 1 aliphatic rings. The van der Waals surface area contributed by atoms with Crippen molar-refractivity contribution in [1.29, 1.82) is 0 Å². The fourth-order valence-electron chi connectivity index (χ4n) is 3.35. The van der Waals surface area contributed by atoms with E-state index in [0.29, 0.717) is 6.42 Å². The second kappa shape index (κ2) is 8.22. The van der Waals surface area contributed by atoms with E-state index in [4.69, 9.17) is 9.47 Å². The highest BCUT2D eigenvalue weighted by Crippen LogP contribution is 2.27. The normalized spacial score (nSPS) is 23.8. The van der Waals surface area contributed by atoms with Gasteiger partial charge in [0.15, 0.2) is 5.78 Å². The Labute approximate surface area is 143 Å². The van der Waals surface area contributed by atoms with E-state index < -0.39 is 0 Å². The first-order chi connectivity index (χ1) is 11.7. The maximum atomic E-state index is 12.5. The van der Waals surface area contributed by atoms with Crippen molar-refractivity contribution >= 4 is 5.78 Å². The van der Waals surface area contributed by atoms with Gasteiger partial charge in [0.2, 0.25) is 0 Å². The van der Waals surface area contributed by atoms with Crippen LogP contribution in [0.25, 0.3) is 0 Å². The second-order valence-electron chi connectivity index (χ2n) is 6.39. The minimum Gasteiger partial charge on any atom is -0.381 e. The van der Waals surface area contributed by atoms with E-state index in [2.05, 4.69) is 12.1 Å². The minimum atomic E-state index is -0.0786. The van der Waals surface area contributed by atoms with Crippen LogP contribution in [0.15, 0.2) is 60.7 Å². The molecule has 0 aliphatic carbocycles. The topological polar surface area (TPSA) is 35.5 Å². The molecular weight excluding hydrogens is 300 g/mol. The van der Waals surface area contributed by atoms with Crippen LogP contribution in [0.4, 0.5) is 0 Å². The van der Waals surface area contributed by atoms with Gasteiger partial charge in [-0.25, -0.2) is 0 Å². The number of carbonyl (C=O) groups excluding carboxylic acids is 1. The fourth-order valence-corrected chi connectivity index (χ4v) is 3.35. The number of rotatable bonds is 6. The Balaban J connectivity index is 1.63. The van der Waals surface area contributed by atoms with Crippen LogP contribution >= 0.6 is 0 Å². The van der Waals surface area contributed by atoms with Crippen molar-refractivity contribution in [2.24, 2.45) is 0 Å². The summed E-state index contributed by atoms with van der Waals surface area (Å²) in [4.78, 5) is 12.5. The Morgan fingerprint density at radius 2 is 1.62 bits per heavy atom. The summed E-state index contributed by atoms with van der Waals surface area (Å²) in [5.41, 5.74) is 2.01. The zero-order chi connectivity index (χ0) is 16.8. The van der Waals surface area contributed by atoms with Crippen LogP contribution in [0.5, 0.6) is 0 Å². The molecule has 0 bridgehead atoms. The van der Waals surface area contributed by atoms with Crippen LogP contribution in [0.3, 0.4) is 0 Å². The van der Waals surface area contributed by atoms with Crippen LogP contribution in [-0.2, 0) is 15.9 Å². The number of Topliss-reactive ketones (excluding diaryl/α,β-unsaturated/α-hetero) is 1. The zero-order valence-corrected chi connectivity index (χ0v) is 14.1. The highest BCUT2D eigenvalue weighted by Gasteiger charge is 2.31. The second-order valence-corrected chi connectivity index (χ2v) is 6.39. The van der Waals surface area contributed by atoms with Crippen molar-refractivity contribution < 1.29 is 14.3 Å². The lowest BCUT2D eigenvalue weighted by molar-refractivity contribution is -0.103. The van der Waals surface area contributed by atoms with Gasteiger partial charge in [0.05, 0.1) is 18.3 Å². The largest absolute Gasteiger partial charge is 0.381 e. The third-order valence-corrected chi connectivity index (χ3v) is 4.58. The van der Waals surface area contributed by atoms with Crippen LogP contribution in [0, 0.1) is 0 Å². The molecule has 2 aromatic rings. The molecule has 0 spiro atoms. The van der Waals surface area contributed by atoms with Gasteiger partial charge < -0.3 is 9.47 Å². The first-order valence-corrected chi connectivity index (χ1v) is 8.55. The standard InChI is InChI=1S/C21H24O3/c1-23-18-13-19(12-16-8-4-2-5-9-16)24-20(14-18)15-21(22)17-10-6-3-7-11-17/h2-11,18-20H,12-15H2,1H3/t18-,19-,20+/m1/s1. The van der Waals surface area contributed by atoms with E-state index in [9.17, 15) is 4.79 Å². The summed E-state index contributed by atoms with van der Waals surface area (Å²) in [6.45, 7) is 0. The number of hydrogen-bond acceptors (Lipinski definition) is 3. The number of benzene rings is 2. The molecule has 1 aliphatic heterocycles. The van der Waals surface area contributed by atoms with Crippen LogP contribution in [0.2, 0.25) is 0 Å². The Hall–Kier alpha value is -1.97. The molecule has 1 fully saturated rings. The van der Waals surface area contributed by atoms with Crippen molar-refractivity contribution in [2.45, 2.75) is 44.0 Å². The summed E-state index contributed by atoms with van der Waals surface area (Å²) >= 11 is 0. The number of ketones is 1. The summed E-state index contributed by atoms with van der Waals surface area (Å²) < 4.78 is 11.8. The molecular formula is C21H24O3. The Bertz CT molecular complexity index is 639. The van der Waals surface area contributed by atoms with E-state index in [-0.39, 0.29) is 24.1 Å².